The van der Waals surface area contributed by atoms with Gasteiger partial charge in [-0.2, -0.15) is 0 Å². The van der Waals surface area contributed by atoms with Crippen LogP contribution in [0.5, 0.6) is 0 Å². The Labute approximate surface area is 187 Å². The standard InChI is InChI=1S/C22H27N5O4S/c1-12-18(21(28)24-9-10-27(3)4)14-6-7-15(20(14)25-12)19-16-11-13(32(30,31)23-2)5-8-17(16)26-22(19)29/h5,8,11,23,25H,6-7,9-10H2,1-4H3,(H,24,28)(H,26,29)/b19-15-. The zero-order valence-electron chi connectivity index (χ0n) is 18.5. The number of anilines is 1. The molecule has 1 aliphatic heterocycles. The van der Waals surface area contributed by atoms with Crippen molar-refractivity contribution in [3.63, 3.8) is 0 Å². The predicted molar refractivity (Wildman–Crippen MR) is 123 cm³/mol. The second-order valence-corrected chi connectivity index (χ2v) is 10.1. The van der Waals surface area contributed by atoms with Gasteiger partial charge in [0, 0.05) is 35.7 Å². The number of fused-ring (bicyclic) bond motifs is 2. The monoisotopic (exact) mass is 457 g/mol. The third-order valence-electron chi connectivity index (χ3n) is 5.91. The van der Waals surface area contributed by atoms with E-state index in [-0.39, 0.29) is 16.7 Å². The minimum atomic E-state index is -3.65. The summed E-state index contributed by atoms with van der Waals surface area (Å²) in [7, 11) is 1.59. The molecule has 170 valence electrons. The van der Waals surface area contributed by atoms with E-state index in [9.17, 15) is 18.0 Å². The van der Waals surface area contributed by atoms with Gasteiger partial charge in [-0.15, -0.1) is 0 Å². The van der Waals surface area contributed by atoms with Crippen molar-refractivity contribution in [1.29, 1.82) is 0 Å². The quantitative estimate of drug-likeness (QED) is 0.488. The van der Waals surface area contributed by atoms with Crippen molar-refractivity contribution in [2.45, 2.75) is 24.7 Å². The average molecular weight is 458 g/mol. The van der Waals surface area contributed by atoms with Crippen LogP contribution in [0.3, 0.4) is 0 Å². The first-order valence-electron chi connectivity index (χ1n) is 10.4. The molecule has 10 heteroatoms. The number of aryl methyl sites for hydroxylation is 1. The highest BCUT2D eigenvalue weighted by Crippen LogP contribution is 2.44. The first kappa shape index (κ1) is 22.3. The van der Waals surface area contributed by atoms with E-state index < -0.39 is 10.0 Å². The van der Waals surface area contributed by atoms with Crippen LogP contribution in [-0.2, 0) is 21.2 Å². The van der Waals surface area contributed by atoms with E-state index in [0.717, 1.165) is 29.1 Å². The number of carbonyl (C=O) groups excluding carboxylic acids is 2. The maximum Gasteiger partial charge on any atom is 0.256 e. The Kier molecular flexibility index (Phi) is 5.70. The molecule has 9 nitrogen and oxygen atoms in total. The molecule has 0 fully saturated rings. The summed E-state index contributed by atoms with van der Waals surface area (Å²) in [5, 5.41) is 5.78. The van der Waals surface area contributed by atoms with Crippen molar-refractivity contribution in [2.75, 3.05) is 39.5 Å². The van der Waals surface area contributed by atoms with Gasteiger partial charge in [0.25, 0.3) is 11.8 Å². The number of likely N-dealkylation sites (N-methyl/N-ethyl adjacent to an activating group) is 1. The van der Waals surface area contributed by atoms with Crippen molar-refractivity contribution < 1.29 is 18.0 Å². The summed E-state index contributed by atoms with van der Waals surface area (Å²) in [5.74, 6) is -0.405. The van der Waals surface area contributed by atoms with Gasteiger partial charge in [0.1, 0.15) is 0 Å². The van der Waals surface area contributed by atoms with Crippen molar-refractivity contribution in [1.82, 2.24) is 19.9 Å². The second-order valence-electron chi connectivity index (χ2n) is 8.26. The lowest BCUT2D eigenvalue weighted by atomic mass is 9.99. The van der Waals surface area contributed by atoms with E-state index in [0.29, 0.717) is 41.8 Å². The number of rotatable bonds is 6. The lowest BCUT2D eigenvalue weighted by Crippen LogP contribution is -2.31. The summed E-state index contributed by atoms with van der Waals surface area (Å²) in [4.78, 5) is 31.1. The molecule has 4 N–H and O–H groups in total. The largest absolute Gasteiger partial charge is 0.358 e. The molecule has 2 heterocycles. The van der Waals surface area contributed by atoms with Crippen LogP contribution in [0.2, 0.25) is 0 Å². The molecule has 0 bridgehead atoms. The van der Waals surface area contributed by atoms with E-state index in [1.807, 2.05) is 25.9 Å². The molecule has 0 spiro atoms. The van der Waals surface area contributed by atoms with Crippen LogP contribution in [-0.4, -0.2) is 64.3 Å². The highest BCUT2D eigenvalue weighted by Gasteiger charge is 2.35. The maximum atomic E-state index is 12.9. The number of amides is 2. The molecule has 1 aromatic carbocycles. The van der Waals surface area contributed by atoms with Crippen LogP contribution in [0.4, 0.5) is 5.69 Å². The van der Waals surface area contributed by atoms with Gasteiger partial charge < -0.3 is 20.5 Å². The smallest absolute Gasteiger partial charge is 0.256 e. The summed E-state index contributed by atoms with van der Waals surface area (Å²) in [6, 6.07) is 4.59. The number of benzene rings is 1. The molecule has 2 aliphatic rings. The Morgan fingerprint density at radius 3 is 2.66 bits per heavy atom. The number of nitrogens with one attached hydrogen (secondary N) is 4. The summed E-state index contributed by atoms with van der Waals surface area (Å²) < 4.78 is 26.9. The lowest BCUT2D eigenvalue weighted by molar-refractivity contribution is -0.110. The summed E-state index contributed by atoms with van der Waals surface area (Å²) in [5.41, 5.74) is 5.43. The predicted octanol–water partition coefficient (Wildman–Crippen LogP) is 1.33. The molecule has 32 heavy (non-hydrogen) atoms. The minimum Gasteiger partial charge on any atom is -0.358 e. The van der Waals surface area contributed by atoms with Crippen LogP contribution in [0.15, 0.2) is 23.1 Å². The van der Waals surface area contributed by atoms with Gasteiger partial charge in [-0.05, 0) is 70.2 Å². The van der Waals surface area contributed by atoms with Crippen LogP contribution in [0.1, 0.15) is 39.3 Å². The fourth-order valence-corrected chi connectivity index (χ4v) is 5.08. The van der Waals surface area contributed by atoms with Crippen molar-refractivity contribution in [3.8, 4) is 0 Å². The topological polar surface area (TPSA) is 123 Å². The lowest BCUT2D eigenvalue weighted by Gasteiger charge is -2.11. The molecule has 1 aliphatic carbocycles. The molecule has 1 aromatic heterocycles. The van der Waals surface area contributed by atoms with Gasteiger partial charge in [0.05, 0.1) is 16.0 Å². The first-order chi connectivity index (χ1) is 15.1. The van der Waals surface area contributed by atoms with Gasteiger partial charge in [0.2, 0.25) is 10.0 Å². The molecule has 2 amide bonds. The Hall–Kier alpha value is -2.95. The third-order valence-corrected chi connectivity index (χ3v) is 7.32. The number of carbonyl (C=O) groups is 2. The van der Waals surface area contributed by atoms with Crippen molar-refractivity contribution >= 4 is 38.7 Å². The van der Waals surface area contributed by atoms with Gasteiger partial charge in [-0.1, -0.05) is 0 Å². The molecule has 4 rings (SSSR count). The Morgan fingerprint density at radius 2 is 1.97 bits per heavy atom. The second kappa shape index (κ2) is 8.19. The zero-order chi connectivity index (χ0) is 23.2. The number of aromatic amines is 1. The summed E-state index contributed by atoms with van der Waals surface area (Å²) in [6.07, 6.45) is 1.22. The highest BCUT2D eigenvalue weighted by atomic mass is 32.2. The fraction of sp³-hybridized carbons (Fsp3) is 0.364. The first-order valence-corrected chi connectivity index (χ1v) is 11.9. The number of hydrogen-bond acceptors (Lipinski definition) is 5. The van der Waals surface area contributed by atoms with Gasteiger partial charge in [-0.25, -0.2) is 13.1 Å². The van der Waals surface area contributed by atoms with Gasteiger partial charge >= 0.3 is 0 Å². The molecule has 0 saturated heterocycles. The van der Waals surface area contributed by atoms with Crippen LogP contribution < -0.4 is 15.4 Å². The van der Waals surface area contributed by atoms with E-state index in [4.69, 9.17) is 0 Å². The molecule has 0 radical (unpaired) electrons. The van der Waals surface area contributed by atoms with E-state index in [1.165, 1.54) is 19.2 Å². The molecule has 2 aromatic rings. The maximum absolute atomic E-state index is 12.9. The average Bonchev–Trinajstić information content (AvgIpc) is 3.37. The zero-order valence-corrected chi connectivity index (χ0v) is 19.4. The van der Waals surface area contributed by atoms with Crippen molar-refractivity contribution in [3.05, 3.63) is 46.3 Å². The number of sulfonamides is 1. The van der Waals surface area contributed by atoms with Gasteiger partial charge in [-0.3, -0.25) is 9.59 Å². The Morgan fingerprint density at radius 1 is 1.22 bits per heavy atom. The Balaban J connectivity index is 1.76. The van der Waals surface area contributed by atoms with Crippen LogP contribution >= 0.6 is 0 Å². The number of hydrogen-bond donors (Lipinski definition) is 4. The number of H-pyrrole nitrogens is 1. The van der Waals surface area contributed by atoms with Crippen LogP contribution in [0, 0.1) is 6.92 Å². The summed E-state index contributed by atoms with van der Waals surface area (Å²) >= 11 is 0. The minimum absolute atomic E-state index is 0.0928. The normalized spacial score (nSPS) is 17.5. The highest BCUT2D eigenvalue weighted by molar-refractivity contribution is 7.89. The Bertz CT molecular complexity index is 1260. The fourth-order valence-electron chi connectivity index (χ4n) is 4.33. The van der Waals surface area contributed by atoms with E-state index in [1.54, 1.807) is 6.07 Å². The number of nitrogens with zero attached hydrogens (tertiary/aromatic N) is 1. The van der Waals surface area contributed by atoms with Gasteiger partial charge in [0.15, 0.2) is 0 Å². The van der Waals surface area contributed by atoms with E-state index in [2.05, 4.69) is 20.3 Å². The SMILES string of the molecule is CNS(=O)(=O)c1ccc2c(c1)/C(=C1\CCc3c1[nH]c(C)c3C(=O)NCCN(C)C)C(=O)N2. The molecular weight excluding hydrogens is 430 g/mol. The number of aromatic nitrogens is 1. The van der Waals surface area contributed by atoms with Crippen LogP contribution in [0.25, 0.3) is 11.1 Å². The van der Waals surface area contributed by atoms with E-state index >= 15 is 0 Å². The third kappa shape index (κ3) is 3.74. The van der Waals surface area contributed by atoms with Crippen molar-refractivity contribution in [2.24, 2.45) is 0 Å². The number of allylic oxidation sites excluding steroid dienone is 1. The molecule has 0 atom stereocenters. The molecule has 0 saturated carbocycles. The molecular formula is C22H27N5O4S. The molecule has 0 unspecified atom stereocenters. The summed E-state index contributed by atoms with van der Waals surface area (Å²) in [6.45, 7) is 3.13.